The monoisotopic (exact) mass is 192 g/mol. The molecule has 2 N–H and O–H groups in total. The number of aryl methyl sites for hydroxylation is 2. The van der Waals surface area contributed by atoms with Gasteiger partial charge in [0.05, 0.1) is 11.4 Å². The van der Waals surface area contributed by atoms with Gasteiger partial charge in [0, 0.05) is 2.85 Å². The van der Waals surface area contributed by atoms with E-state index in [1.54, 1.807) is 0 Å². The van der Waals surface area contributed by atoms with E-state index in [1.807, 2.05) is 0 Å². The maximum absolute atomic E-state index is 3.81. The Balaban J connectivity index is 0. The second-order valence-electron chi connectivity index (χ2n) is 3.21. The van der Waals surface area contributed by atoms with Gasteiger partial charge in [-0.25, -0.2) is 0 Å². The molecular weight excluding hydrogens is 172 g/mol. The van der Waals surface area contributed by atoms with Crippen molar-refractivity contribution in [2.75, 3.05) is 10.6 Å². The zero-order valence-electron chi connectivity index (χ0n) is 8.78. The van der Waals surface area contributed by atoms with Gasteiger partial charge in [-0.1, -0.05) is 6.58 Å². The average Bonchev–Trinajstić information content (AvgIpc) is 2.49. The van der Waals surface area contributed by atoms with Crippen LogP contribution in [0.1, 0.15) is 14.0 Å². The van der Waals surface area contributed by atoms with Crippen LogP contribution in [0, 0.1) is 13.8 Å². The van der Waals surface area contributed by atoms with Crippen LogP contribution in [0.15, 0.2) is 37.7 Å². The van der Waals surface area contributed by atoms with E-state index in [2.05, 4.69) is 56.4 Å². The fourth-order valence-corrected chi connectivity index (χ4v) is 1.38. The van der Waals surface area contributed by atoms with Gasteiger partial charge in [0.25, 0.3) is 0 Å². The zero-order chi connectivity index (χ0) is 10.7. The first-order chi connectivity index (χ1) is 6.66. The highest BCUT2D eigenvalue weighted by Crippen LogP contribution is 2.32. The van der Waals surface area contributed by atoms with Crippen LogP contribution in [-0.4, -0.2) is 0 Å². The van der Waals surface area contributed by atoms with Crippen LogP contribution < -0.4 is 10.6 Å². The number of hydrogen-bond acceptors (Lipinski definition) is 2. The van der Waals surface area contributed by atoms with Gasteiger partial charge in [-0.3, -0.25) is 0 Å². The predicted molar refractivity (Wildman–Crippen MR) is 67.8 cm³/mol. The molecule has 1 aliphatic rings. The lowest BCUT2D eigenvalue weighted by Gasteiger charge is -2.02. The van der Waals surface area contributed by atoms with Crippen molar-refractivity contribution in [2.45, 2.75) is 13.8 Å². The molecule has 0 amide bonds. The molecule has 78 valence electrons. The van der Waals surface area contributed by atoms with Crippen molar-refractivity contribution >= 4 is 11.4 Å². The van der Waals surface area contributed by atoms with Crippen LogP contribution in [0.5, 0.6) is 0 Å². The first kappa shape index (κ1) is 10.4. The molecule has 1 aliphatic heterocycles. The van der Waals surface area contributed by atoms with Crippen molar-refractivity contribution in [3.05, 3.63) is 48.8 Å². The van der Waals surface area contributed by atoms with E-state index in [9.17, 15) is 0 Å². The largest absolute Gasteiger partial charge is 0.341 e. The summed E-state index contributed by atoms with van der Waals surface area (Å²) in [4.78, 5) is 0. The summed E-state index contributed by atoms with van der Waals surface area (Å²) in [5.74, 6) is 0.856. The normalized spacial score (nSPS) is 12.0. The van der Waals surface area contributed by atoms with Crippen LogP contribution in [-0.2, 0) is 0 Å². The van der Waals surface area contributed by atoms with Crippen molar-refractivity contribution < 1.29 is 2.85 Å². The van der Waals surface area contributed by atoms with E-state index in [4.69, 9.17) is 0 Å². The fraction of sp³-hybridized carbons (Fsp3) is 0.167. The topological polar surface area (TPSA) is 24.1 Å². The maximum atomic E-state index is 3.81. The molecular formula is C12H20N2. The molecule has 2 nitrogen and oxygen atoms in total. The summed E-state index contributed by atoms with van der Waals surface area (Å²) in [7, 11) is 0. The summed E-state index contributed by atoms with van der Waals surface area (Å²) in [5, 5.41) is 6.32. The summed E-state index contributed by atoms with van der Waals surface area (Å²) >= 11 is 0. The Labute approximate surface area is 88.3 Å². The second kappa shape index (κ2) is 4.01. The first-order valence-electron chi connectivity index (χ1n) is 4.51. The Morgan fingerprint density at radius 1 is 1.00 bits per heavy atom. The minimum atomic E-state index is 0. The molecule has 0 atom stereocenters. The molecule has 0 aromatic heterocycles. The van der Waals surface area contributed by atoms with Gasteiger partial charge in [0.15, 0.2) is 0 Å². The number of benzene rings is 1. The van der Waals surface area contributed by atoms with Crippen LogP contribution in [0.3, 0.4) is 0 Å². The molecule has 1 aromatic rings. The lowest BCUT2D eigenvalue weighted by Crippen LogP contribution is -1.94. The highest BCUT2D eigenvalue weighted by Gasteiger charge is 2.12. The second-order valence-corrected chi connectivity index (χ2v) is 3.21. The molecule has 1 aromatic carbocycles. The van der Waals surface area contributed by atoms with Crippen molar-refractivity contribution in [3.63, 3.8) is 0 Å². The van der Waals surface area contributed by atoms with E-state index >= 15 is 0 Å². The van der Waals surface area contributed by atoms with Gasteiger partial charge in [-0.05, 0) is 37.1 Å². The molecule has 14 heavy (non-hydrogen) atoms. The summed E-state index contributed by atoms with van der Waals surface area (Å²) < 4.78 is 0. The molecule has 0 aliphatic carbocycles. The summed E-state index contributed by atoms with van der Waals surface area (Å²) in [6.45, 7) is 14.0. The minimum Gasteiger partial charge on any atom is -0.341 e. The highest BCUT2D eigenvalue weighted by molar-refractivity contribution is 5.80. The van der Waals surface area contributed by atoms with Gasteiger partial charge in [0.1, 0.15) is 5.82 Å². The Hall–Kier alpha value is -1.70. The molecule has 0 saturated heterocycles. The van der Waals surface area contributed by atoms with Crippen LogP contribution in [0.2, 0.25) is 0 Å². The van der Waals surface area contributed by atoms with Gasteiger partial charge in [-0.2, -0.15) is 0 Å². The number of rotatable bonds is 0. The van der Waals surface area contributed by atoms with Crippen molar-refractivity contribution in [1.82, 2.24) is 0 Å². The van der Waals surface area contributed by atoms with Crippen molar-refractivity contribution in [1.29, 1.82) is 0 Å². The van der Waals surface area contributed by atoms with Gasteiger partial charge >= 0.3 is 0 Å². The average molecular weight is 192 g/mol. The number of hydrogen-bond donors (Lipinski definition) is 2. The lowest BCUT2D eigenvalue weighted by atomic mass is 10.1. The molecule has 0 unspecified atom stereocenters. The first-order valence-corrected chi connectivity index (χ1v) is 4.51. The molecule has 1 heterocycles. The van der Waals surface area contributed by atoms with E-state index < -0.39 is 0 Å². The number of fused-ring (bicyclic) bond motifs is 1. The summed E-state index contributed by atoms with van der Waals surface area (Å²) in [5.41, 5.74) is 4.86. The molecule has 2 heteroatoms. The molecule has 0 fully saturated rings. The minimum absolute atomic E-state index is 0. The lowest BCUT2D eigenvalue weighted by molar-refractivity contribution is 1.35. The van der Waals surface area contributed by atoms with Crippen molar-refractivity contribution in [3.8, 4) is 0 Å². The summed E-state index contributed by atoms with van der Waals surface area (Å²) in [6, 6.07) is 4.27. The molecule has 0 spiro atoms. The van der Waals surface area contributed by atoms with E-state index in [1.165, 1.54) is 11.1 Å². The maximum Gasteiger partial charge on any atom is 0.100 e. The third-order valence-electron chi connectivity index (χ3n) is 2.20. The Morgan fingerprint density at radius 2 is 1.36 bits per heavy atom. The summed E-state index contributed by atoms with van der Waals surface area (Å²) in [6.07, 6.45) is 0. The molecule has 0 radical (unpaired) electrons. The predicted octanol–water partition coefficient (Wildman–Crippen LogP) is 3.91. The SMILES string of the molecule is C=C.C=C1Nc2cc(C)c(C)cc2N1.[HH].[HH]. The standard InChI is InChI=1S/C10H12N2.C2H4.2H2/c1-6-4-9-10(5-7(6)2)12-8(3)11-9;1-2;;/h4-5,11-12H,3H2,1-2H3;1-2H2;2*1H. The Bertz CT molecular complexity index is 343. The third kappa shape index (κ3) is 1.79. The van der Waals surface area contributed by atoms with Gasteiger partial charge in [0.2, 0.25) is 0 Å². The van der Waals surface area contributed by atoms with Crippen molar-refractivity contribution in [2.24, 2.45) is 0 Å². The van der Waals surface area contributed by atoms with Gasteiger partial charge in [-0.15, -0.1) is 13.2 Å². The highest BCUT2D eigenvalue weighted by atomic mass is 15.2. The van der Waals surface area contributed by atoms with E-state index in [0.717, 1.165) is 17.2 Å². The molecule has 2 rings (SSSR count). The van der Waals surface area contributed by atoms with Gasteiger partial charge < -0.3 is 10.6 Å². The van der Waals surface area contributed by atoms with E-state index in [-0.39, 0.29) is 2.85 Å². The van der Waals surface area contributed by atoms with Crippen LogP contribution in [0.25, 0.3) is 0 Å². The number of nitrogens with one attached hydrogen (secondary N) is 2. The molecule has 0 bridgehead atoms. The Kier molecular flexibility index (Phi) is 2.97. The fourth-order valence-electron chi connectivity index (χ4n) is 1.38. The zero-order valence-corrected chi connectivity index (χ0v) is 8.78. The number of anilines is 2. The quantitative estimate of drug-likeness (QED) is 0.609. The Morgan fingerprint density at radius 3 is 1.71 bits per heavy atom. The van der Waals surface area contributed by atoms with Crippen LogP contribution in [0.4, 0.5) is 11.4 Å². The molecule has 0 saturated carbocycles. The smallest absolute Gasteiger partial charge is 0.100 e. The van der Waals surface area contributed by atoms with E-state index in [0.29, 0.717) is 0 Å². The third-order valence-corrected chi connectivity index (χ3v) is 2.20. The van der Waals surface area contributed by atoms with Crippen LogP contribution >= 0.6 is 0 Å².